The largest absolute Gasteiger partial charge is 0.168 e. The quantitative estimate of drug-likeness (QED) is 0.162. The van der Waals surface area contributed by atoms with E-state index in [-0.39, 0.29) is 45.1 Å². The Morgan fingerprint density at radius 2 is 1.41 bits per heavy atom. The van der Waals surface area contributed by atoms with Crippen LogP contribution < -0.4 is 0 Å². The molecule has 0 nitrogen and oxygen atoms in total. The molecule has 0 saturated heterocycles. The van der Waals surface area contributed by atoms with Gasteiger partial charge in [0.2, 0.25) is 0 Å². The van der Waals surface area contributed by atoms with E-state index < -0.39 is 0 Å². The van der Waals surface area contributed by atoms with Gasteiger partial charge >= 0.3 is 30.2 Å². The Balaban J connectivity index is -0.000000400. The molecule has 4 rings (SSSR count). The number of hydrogen-bond donors (Lipinski definition) is 0. The fraction of sp³-hybridized carbons (Fsp3) is 0.200. The monoisotopic (exact) mass is 520 g/mol. The van der Waals surface area contributed by atoms with Crippen molar-refractivity contribution in [3.63, 3.8) is 0 Å². The fourth-order valence-corrected chi connectivity index (χ4v) is 3.11. The van der Waals surface area contributed by atoms with E-state index in [1.807, 2.05) is 0 Å². The van der Waals surface area contributed by atoms with Crippen LogP contribution in [0.2, 0.25) is 0 Å². The van der Waals surface area contributed by atoms with Gasteiger partial charge in [0.25, 0.3) is 0 Å². The van der Waals surface area contributed by atoms with Gasteiger partial charge in [-0.15, -0.1) is 89.0 Å². The van der Waals surface area contributed by atoms with Crippen LogP contribution in [0.5, 0.6) is 0 Å². The third-order valence-electron chi connectivity index (χ3n) is 4.25. The SMILES string of the molecule is Cc1cc2c(C(C)(C)C)cccc2[cH-]1.Cl.Cl.[CH3-].[CH3-].[Si]=[Zr].c1ccc2[cH-]ccc2c1. The Morgan fingerprint density at radius 3 is 2.00 bits per heavy atom. The average Bonchev–Trinajstić information content (AvgIpc) is 3.20. The second kappa shape index (κ2) is 15.2. The van der Waals surface area contributed by atoms with Crippen LogP contribution in [0.15, 0.2) is 72.8 Å². The summed E-state index contributed by atoms with van der Waals surface area (Å²) in [6.07, 6.45) is 0. The predicted molar refractivity (Wildman–Crippen MR) is 136 cm³/mol. The first-order valence-corrected chi connectivity index (χ1v) is 12.7. The van der Waals surface area contributed by atoms with E-state index in [1.54, 1.807) is 0 Å². The van der Waals surface area contributed by atoms with Gasteiger partial charge in [-0.2, -0.15) is 23.6 Å². The van der Waals surface area contributed by atoms with Gasteiger partial charge in [-0.1, -0.05) is 45.4 Å². The Morgan fingerprint density at radius 1 is 0.828 bits per heavy atom. The third-order valence-corrected chi connectivity index (χ3v) is 4.25. The molecule has 29 heavy (non-hydrogen) atoms. The molecule has 0 fully saturated rings. The van der Waals surface area contributed by atoms with Gasteiger partial charge in [0.15, 0.2) is 0 Å². The van der Waals surface area contributed by atoms with E-state index in [4.69, 9.17) is 0 Å². The summed E-state index contributed by atoms with van der Waals surface area (Å²) in [6, 6.07) is 25.8. The van der Waals surface area contributed by atoms with Crippen LogP contribution in [0.4, 0.5) is 0 Å². The van der Waals surface area contributed by atoms with Gasteiger partial charge in [-0.05, 0) is 5.41 Å². The summed E-state index contributed by atoms with van der Waals surface area (Å²) in [4.78, 5) is 0. The van der Waals surface area contributed by atoms with Crippen molar-refractivity contribution in [2.75, 3.05) is 0 Å². The molecular formula is C25H32Cl2SiZr-4. The topological polar surface area (TPSA) is 0 Å². The number of aryl methyl sites for hydroxylation is 1. The first-order chi connectivity index (χ1) is 11.9. The number of halogens is 2. The second-order valence-electron chi connectivity index (χ2n) is 7.25. The maximum absolute atomic E-state index is 3.06. The minimum absolute atomic E-state index is 0. The molecule has 2 radical (unpaired) electrons. The second-order valence-corrected chi connectivity index (χ2v) is 7.25. The molecule has 0 unspecified atom stereocenters. The van der Waals surface area contributed by atoms with Crippen molar-refractivity contribution in [3.05, 3.63) is 98.8 Å². The molecule has 0 amide bonds. The number of rotatable bonds is 0. The molecule has 0 aromatic heterocycles. The zero-order valence-corrected chi connectivity index (χ0v) is 23.3. The number of hydrogen-bond acceptors (Lipinski definition) is 0. The van der Waals surface area contributed by atoms with Crippen molar-refractivity contribution >= 4 is 53.2 Å². The van der Waals surface area contributed by atoms with Gasteiger partial charge in [0, 0.05) is 0 Å². The summed E-state index contributed by atoms with van der Waals surface area (Å²) in [5, 5.41) is 5.45. The van der Waals surface area contributed by atoms with Gasteiger partial charge in [0.05, 0.1) is 0 Å². The van der Waals surface area contributed by atoms with Crippen molar-refractivity contribution in [1.29, 1.82) is 0 Å². The maximum atomic E-state index is 3.06. The molecule has 4 heteroatoms. The molecule has 0 saturated carbocycles. The summed E-state index contributed by atoms with van der Waals surface area (Å²) < 4.78 is 0. The van der Waals surface area contributed by atoms with Crippen LogP contribution in [0.3, 0.4) is 0 Å². The van der Waals surface area contributed by atoms with Crippen molar-refractivity contribution < 1.29 is 23.3 Å². The van der Waals surface area contributed by atoms with Gasteiger partial charge < -0.3 is 14.9 Å². The van der Waals surface area contributed by atoms with Crippen LogP contribution in [0.25, 0.3) is 21.5 Å². The van der Waals surface area contributed by atoms with Crippen molar-refractivity contribution in [3.8, 4) is 0 Å². The molecule has 0 atom stereocenters. The van der Waals surface area contributed by atoms with Crippen LogP contribution in [0, 0.1) is 21.8 Å². The van der Waals surface area contributed by atoms with E-state index in [0.29, 0.717) is 0 Å². The molecule has 0 spiro atoms. The van der Waals surface area contributed by atoms with Gasteiger partial charge in [-0.3, -0.25) is 0 Å². The van der Waals surface area contributed by atoms with Gasteiger partial charge in [-0.25, -0.2) is 0 Å². The smallest absolute Gasteiger partial charge is 0.0809 e. The standard InChI is InChI=1S/C14H17.C9H7.2CH3.2ClH.Si.Zr/c1-10-8-11-6-5-7-13(12(11)9-10)14(2,3)4;1-2-5-9-7-3-6-8(9)4-1;;;;;;/h5-9H,1-4H3;1-7H;2*1H3;2*1H;;/q4*-1;;;;. The Hall–Kier alpha value is -0.660. The molecule has 0 N–H and O–H groups in total. The summed E-state index contributed by atoms with van der Waals surface area (Å²) >= 11 is 1.36. The van der Waals surface area contributed by atoms with Crippen LogP contribution >= 0.6 is 24.8 Å². The van der Waals surface area contributed by atoms with E-state index in [0.717, 1.165) is 0 Å². The Labute approximate surface area is 207 Å². The maximum Gasteiger partial charge on any atom is -0.0809 e. The average molecular weight is 523 g/mol. The zero-order valence-electron chi connectivity index (χ0n) is 18.2. The molecule has 4 aromatic carbocycles. The minimum Gasteiger partial charge on any atom is -0.168 e. The Kier molecular flexibility index (Phi) is 17.3. The molecule has 4 aromatic rings. The van der Waals surface area contributed by atoms with Crippen molar-refractivity contribution in [2.45, 2.75) is 33.1 Å². The summed E-state index contributed by atoms with van der Waals surface area (Å²) in [5.41, 5.74) is 3.04. The van der Waals surface area contributed by atoms with E-state index in [2.05, 4.69) is 107 Å². The summed E-state index contributed by atoms with van der Waals surface area (Å²) in [6.45, 7) is 12.0. The molecule has 0 bridgehead atoms. The number of benzene rings is 2. The minimum atomic E-state index is 0. The molecule has 0 aliphatic carbocycles. The van der Waals surface area contributed by atoms with E-state index >= 15 is 0 Å². The van der Waals surface area contributed by atoms with Gasteiger partial charge in [0.1, 0.15) is 0 Å². The van der Waals surface area contributed by atoms with Crippen LogP contribution in [-0.4, -0.2) is 6.88 Å². The summed E-state index contributed by atoms with van der Waals surface area (Å²) in [7, 11) is 0. The van der Waals surface area contributed by atoms with E-state index in [1.165, 1.54) is 56.0 Å². The normalized spacial score (nSPS) is 9.21. The van der Waals surface area contributed by atoms with Crippen molar-refractivity contribution in [2.24, 2.45) is 0 Å². The number of fused-ring (bicyclic) bond motifs is 2. The molecular weight excluding hydrogens is 490 g/mol. The molecule has 0 aliphatic heterocycles. The Bertz CT molecular complexity index is 918. The van der Waals surface area contributed by atoms with Crippen LogP contribution in [-0.2, 0) is 28.8 Å². The van der Waals surface area contributed by atoms with Crippen LogP contribution in [0.1, 0.15) is 31.9 Å². The molecule has 158 valence electrons. The first kappa shape index (κ1) is 33.0. The molecule has 0 heterocycles. The van der Waals surface area contributed by atoms with E-state index in [9.17, 15) is 0 Å². The first-order valence-electron chi connectivity index (χ1n) is 8.47. The third kappa shape index (κ3) is 8.93. The summed E-state index contributed by atoms with van der Waals surface area (Å²) in [5.74, 6) is 0. The molecule has 0 aliphatic rings. The fourth-order valence-electron chi connectivity index (χ4n) is 3.11. The predicted octanol–water partition coefficient (Wildman–Crippen LogP) is 8.08. The van der Waals surface area contributed by atoms with Crippen molar-refractivity contribution in [1.82, 2.24) is 0 Å². The zero-order chi connectivity index (χ0) is 18.4.